The first-order chi connectivity index (χ1) is 15.5. The number of hydrogen-bond acceptors (Lipinski definition) is 4. The van der Waals surface area contributed by atoms with Gasteiger partial charge in [0.25, 0.3) is 0 Å². The molecule has 3 nitrogen and oxygen atoms in total. The van der Waals surface area contributed by atoms with E-state index in [0.29, 0.717) is 0 Å². The summed E-state index contributed by atoms with van der Waals surface area (Å²) in [6.45, 7) is 6.81. The summed E-state index contributed by atoms with van der Waals surface area (Å²) in [7, 11) is 0. The number of rotatable bonds is 2. The molecular formula is C28H22N2OS. The molecule has 0 saturated carbocycles. The summed E-state index contributed by atoms with van der Waals surface area (Å²) in [5, 5.41) is 4.77. The zero-order valence-corrected chi connectivity index (χ0v) is 19.0. The Morgan fingerprint density at radius 3 is 2.47 bits per heavy atom. The Hall–Kier alpha value is -3.50. The Balaban J connectivity index is 1.60. The molecule has 0 fully saturated rings. The van der Waals surface area contributed by atoms with E-state index in [1.54, 1.807) is 17.6 Å². The van der Waals surface area contributed by atoms with Crippen LogP contribution < -0.4 is 0 Å². The van der Waals surface area contributed by atoms with Crippen molar-refractivity contribution in [3.8, 4) is 21.8 Å². The molecule has 4 aromatic heterocycles. The van der Waals surface area contributed by atoms with Gasteiger partial charge in [0.2, 0.25) is 0 Å². The number of pyridine rings is 2. The van der Waals surface area contributed by atoms with Crippen molar-refractivity contribution in [3.63, 3.8) is 0 Å². The van der Waals surface area contributed by atoms with Crippen LogP contribution in [0.5, 0.6) is 0 Å². The molecule has 6 rings (SSSR count). The highest BCUT2D eigenvalue weighted by Gasteiger charge is 2.20. The summed E-state index contributed by atoms with van der Waals surface area (Å²) in [4.78, 5) is 10.6. The van der Waals surface area contributed by atoms with Gasteiger partial charge in [-0.1, -0.05) is 45.0 Å². The molecule has 32 heavy (non-hydrogen) atoms. The van der Waals surface area contributed by atoms with Gasteiger partial charge >= 0.3 is 0 Å². The molecule has 0 saturated heterocycles. The van der Waals surface area contributed by atoms with Crippen molar-refractivity contribution in [2.45, 2.75) is 26.2 Å². The normalized spacial score (nSPS) is 12.2. The maximum absolute atomic E-state index is 5.59. The second-order valence-electron chi connectivity index (χ2n) is 9.18. The second-order valence-corrected chi connectivity index (χ2v) is 10.2. The second kappa shape index (κ2) is 7.01. The Kier molecular flexibility index (Phi) is 4.21. The minimum absolute atomic E-state index is 0.0327. The van der Waals surface area contributed by atoms with Gasteiger partial charge < -0.3 is 4.42 Å². The van der Waals surface area contributed by atoms with E-state index >= 15 is 0 Å². The van der Waals surface area contributed by atoms with Gasteiger partial charge in [0, 0.05) is 23.3 Å². The van der Waals surface area contributed by atoms with Crippen molar-refractivity contribution in [2.75, 3.05) is 0 Å². The topological polar surface area (TPSA) is 38.9 Å². The first-order valence-corrected chi connectivity index (χ1v) is 11.6. The first kappa shape index (κ1) is 19.2. The smallest absolute Gasteiger partial charge is 0.137 e. The van der Waals surface area contributed by atoms with Gasteiger partial charge in [0.15, 0.2) is 0 Å². The molecular weight excluding hydrogens is 412 g/mol. The van der Waals surface area contributed by atoms with Crippen LogP contribution in [-0.2, 0) is 5.41 Å². The van der Waals surface area contributed by atoms with E-state index in [4.69, 9.17) is 9.40 Å². The van der Waals surface area contributed by atoms with Crippen LogP contribution in [0.3, 0.4) is 0 Å². The van der Waals surface area contributed by atoms with E-state index in [-0.39, 0.29) is 5.41 Å². The molecule has 0 aliphatic carbocycles. The van der Waals surface area contributed by atoms with Crippen LogP contribution in [-0.4, -0.2) is 9.97 Å². The highest BCUT2D eigenvalue weighted by Crippen LogP contribution is 2.41. The number of aromatic nitrogens is 2. The molecule has 156 valence electrons. The lowest BCUT2D eigenvalue weighted by atomic mass is 9.82. The van der Waals surface area contributed by atoms with Gasteiger partial charge in [-0.2, -0.15) is 0 Å². The maximum Gasteiger partial charge on any atom is 0.137 e. The van der Waals surface area contributed by atoms with E-state index in [2.05, 4.69) is 74.3 Å². The third-order valence-electron chi connectivity index (χ3n) is 5.99. The largest absolute Gasteiger partial charge is 0.464 e. The average Bonchev–Trinajstić information content (AvgIpc) is 3.44. The van der Waals surface area contributed by atoms with E-state index in [1.807, 2.05) is 24.5 Å². The van der Waals surface area contributed by atoms with Gasteiger partial charge in [-0.15, -0.1) is 11.3 Å². The Bertz CT molecular complexity index is 1620. The minimum atomic E-state index is 0.0327. The van der Waals surface area contributed by atoms with Crippen LogP contribution in [0.4, 0.5) is 0 Å². The molecule has 0 radical (unpaired) electrons. The van der Waals surface area contributed by atoms with Gasteiger partial charge in [-0.25, -0.2) is 0 Å². The highest BCUT2D eigenvalue weighted by atomic mass is 32.1. The number of fused-ring (bicyclic) bond motifs is 3. The summed E-state index contributed by atoms with van der Waals surface area (Å²) in [6, 6.07) is 21.4. The molecule has 0 unspecified atom stereocenters. The molecule has 4 heteroatoms. The van der Waals surface area contributed by atoms with E-state index < -0.39 is 0 Å². The van der Waals surface area contributed by atoms with Crippen LogP contribution in [0.15, 0.2) is 83.7 Å². The van der Waals surface area contributed by atoms with Crippen LogP contribution in [0, 0.1) is 0 Å². The summed E-state index contributed by atoms with van der Waals surface area (Å²) >= 11 is 1.74. The third kappa shape index (κ3) is 3.02. The number of hydrogen-bond donors (Lipinski definition) is 0. The zero-order chi connectivity index (χ0) is 21.9. The lowest BCUT2D eigenvalue weighted by Gasteiger charge is -2.22. The van der Waals surface area contributed by atoms with Gasteiger partial charge in [-0.05, 0) is 63.5 Å². The van der Waals surface area contributed by atoms with Gasteiger partial charge in [-0.3, -0.25) is 9.97 Å². The molecule has 0 atom stereocenters. The summed E-state index contributed by atoms with van der Waals surface area (Å²) in [5.41, 5.74) is 5.36. The number of benzene rings is 2. The monoisotopic (exact) mass is 434 g/mol. The van der Waals surface area contributed by atoms with E-state index in [0.717, 1.165) is 32.8 Å². The molecule has 0 aliphatic heterocycles. The first-order valence-electron chi connectivity index (χ1n) is 10.7. The maximum atomic E-state index is 5.59. The SMILES string of the molecule is CC(C)(C)c1cc(-c2nccc3cc(-c4nccc5occc45)sc23)cc2ccccc12. The third-order valence-corrected chi connectivity index (χ3v) is 7.15. The molecule has 0 aliphatic rings. The summed E-state index contributed by atoms with van der Waals surface area (Å²) in [5.74, 6) is 0. The lowest BCUT2D eigenvalue weighted by molar-refractivity contribution is 0.596. The Morgan fingerprint density at radius 2 is 1.59 bits per heavy atom. The lowest BCUT2D eigenvalue weighted by Crippen LogP contribution is -2.12. The summed E-state index contributed by atoms with van der Waals surface area (Å²) < 4.78 is 6.77. The van der Waals surface area contributed by atoms with Crippen molar-refractivity contribution in [3.05, 3.63) is 84.9 Å². The Morgan fingerprint density at radius 1 is 0.781 bits per heavy atom. The van der Waals surface area contributed by atoms with Crippen molar-refractivity contribution < 1.29 is 4.42 Å². The minimum Gasteiger partial charge on any atom is -0.464 e. The molecule has 0 bridgehead atoms. The van der Waals surface area contributed by atoms with Gasteiger partial charge in [0.05, 0.1) is 27.2 Å². The fraction of sp³-hybridized carbons (Fsp3) is 0.143. The molecule has 0 N–H and O–H groups in total. The fourth-order valence-electron chi connectivity index (χ4n) is 4.45. The van der Waals surface area contributed by atoms with Gasteiger partial charge in [0.1, 0.15) is 5.58 Å². The number of thiophene rings is 1. The quantitative estimate of drug-likeness (QED) is 0.275. The van der Waals surface area contributed by atoms with Crippen LogP contribution in [0.2, 0.25) is 0 Å². The standard InChI is InChI=1S/C28H22N2OS/c1-28(2,3)22-15-19(14-17-6-4-5-7-20(17)22)25-27-18(8-11-29-25)16-24(32-27)26-21-10-13-31-23(21)9-12-30-26/h4-16H,1-3H3. The van der Waals surface area contributed by atoms with Crippen LogP contribution in [0.25, 0.3) is 53.7 Å². The van der Waals surface area contributed by atoms with Crippen molar-refractivity contribution in [1.29, 1.82) is 0 Å². The Labute approximate surface area is 190 Å². The van der Waals surface area contributed by atoms with E-state index in [9.17, 15) is 0 Å². The number of furan rings is 1. The zero-order valence-electron chi connectivity index (χ0n) is 18.2. The predicted molar refractivity (Wildman–Crippen MR) is 134 cm³/mol. The van der Waals surface area contributed by atoms with Crippen molar-refractivity contribution in [2.24, 2.45) is 0 Å². The summed E-state index contributed by atoms with van der Waals surface area (Å²) in [6.07, 6.45) is 5.44. The highest BCUT2D eigenvalue weighted by molar-refractivity contribution is 7.22. The average molecular weight is 435 g/mol. The van der Waals surface area contributed by atoms with E-state index in [1.165, 1.54) is 26.4 Å². The van der Waals surface area contributed by atoms with Crippen LogP contribution >= 0.6 is 11.3 Å². The molecule has 0 amide bonds. The van der Waals surface area contributed by atoms with Crippen molar-refractivity contribution in [1.82, 2.24) is 9.97 Å². The van der Waals surface area contributed by atoms with Crippen molar-refractivity contribution >= 4 is 43.2 Å². The number of nitrogens with zero attached hydrogens (tertiary/aromatic N) is 2. The fourth-order valence-corrected chi connectivity index (χ4v) is 5.62. The molecule has 2 aromatic carbocycles. The molecule has 4 heterocycles. The molecule has 6 aromatic rings. The molecule has 0 spiro atoms. The predicted octanol–water partition coefficient (Wildman–Crippen LogP) is 8.22. The van der Waals surface area contributed by atoms with Crippen LogP contribution in [0.1, 0.15) is 26.3 Å².